The van der Waals surface area contributed by atoms with Crippen molar-refractivity contribution in [3.05, 3.63) is 59.4 Å². The first-order chi connectivity index (χ1) is 11.9. The molecule has 1 heterocycles. The molecule has 3 rings (SSSR count). The van der Waals surface area contributed by atoms with E-state index < -0.39 is 5.91 Å². The molecule has 2 N–H and O–H groups in total. The number of amides is 2. The number of primary amides is 1. The van der Waals surface area contributed by atoms with Crippen LogP contribution < -0.4 is 10.6 Å². The van der Waals surface area contributed by atoms with Gasteiger partial charge in [0.2, 0.25) is 5.91 Å². The van der Waals surface area contributed by atoms with Crippen LogP contribution in [0.3, 0.4) is 0 Å². The third-order valence-electron chi connectivity index (χ3n) is 4.66. The number of hydrogen-bond acceptors (Lipinski definition) is 3. The molecule has 0 saturated heterocycles. The number of aromatic nitrogens is 2. The van der Waals surface area contributed by atoms with E-state index in [0.29, 0.717) is 23.7 Å². The topological polar surface area (TPSA) is 81.2 Å². The molecule has 6 heteroatoms. The zero-order valence-electron chi connectivity index (χ0n) is 14.5. The van der Waals surface area contributed by atoms with Crippen LogP contribution in [-0.4, -0.2) is 21.6 Å². The second-order valence-electron chi connectivity index (χ2n) is 6.44. The van der Waals surface area contributed by atoms with Crippen LogP contribution in [0.2, 0.25) is 0 Å². The van der Waals surface area contributed by atoms with Gasteiger partial charge in [-0.2, -0.15) is 5.10 Å². The highest BCUT2D eigenvalue weighted by molar-refractivity contribution is 6.02. The third kappa shape index (κ3) is 3.33. The molecule has 0 spiro atoms. The molecule has 1 aromatic carbocycles. The van der Waals surface area contributed by atoms with Gasteiger partial charge >= 0.3 is 0 Å². The summed E-state index contributed by atoms with van der Waals surface area (Å²) in [6, 6.07) is 5.27. The van der Waals surface area contributed by atoms with E-state index in [0.717, 1.165) is 24.1 Å². The van der Waals surface area contributed by atoms with Gasteiger partial charge in [0.1, 0.15) is 0 Å². The Hall–Kier alpha value is -2.89. The number of aryl methyl sites for hydroxylation is 2. The van der Waals surface area contributed by atoms with Gasteiger partial charge in [-0.05, 0) is 55.0 Å². The lowest BCUT2D eigenvalue weighted by Crippen LogP contribution is -2.30. The lowest BCUT2D eigenvalue weighted by molar-refractivity contribution is -0.114. The fraction of sp³-hybridized carbons (Fsp3) is 0.316. The Labute approximate surface area is 146 Å². The Kier molecular flexibility index (Phi) is 4.44. The van der Waals surface area contributed by atoms with E-state index in [1.54, 1.807) is 21.7 Å². The van der Waals surface area contributed by atoms with E-state index in [-0.39, 0.29) is 5.91 Å². The summed E-state index contributed by atoms with van der Waals surface area (Å²) in [5.74, 6) is -0.213. The maximum absolute atomic E-state index is 12.5. The van der Waals surface area contributed by atoms with Crippen molar-refractivity contribution >= 4 is 17.5 Å². The van der Waals surface area contributed by atoms with E-state index in [1.165, 1.54) is 11.6 Å². The quantitative estimate of drug-likeness (QED) is 0.821. The van der Waals surface area contributed by atoms with Gasteiger partial charge in [-0.25, -0.2) is 0 Å². The van der Waals surface area contributed by atoms with E-state index >= 15 is 0 Å². The molecule has 0 aliphatic heterocycles. The van der Waals surface area contributed by atoms with E-state index in [4.69, 9.17) is 5.73 Å². The van der Waals surface area contributed by atoms with Crippen LogP contribution in [0, 0.1) is 6.92 Å². The van der Waals surface area contributed by atoms with Crippen LogP contribution in [0.15, 0.2) is 37.1 Å². The zero-order valence-corrected chi connectivity index (χ0v) is 14.5. The minimum atomic E-state index is -0.510. The Morgan fingerprint density at radius 2 is 2.16 bits per heavy atom. The first-order valence-corrected chi connectivity index (χ1v) is 8.27. The van der Waals surface area contributed by atoms with Crippen molar-refractivity contribution in [3.8, 4) is 0 Å². The monoisotopic (exact) mass is 338 g/mol. The lowest BCUT2D eigenvalue weighted by atomic mass is 10.1. The van der Waals surface area contributed by atoms with Crippen LogP contribution in [-0.2, 0) is 18.4 Å². The predicted molar refractivity (Wildman–Crippen MR) is 96.3 cm³/mol. The molecule has 0 atom stereocenters. The molecule has 6 nitrogen and oxygen atoms in total. The molecule has 130 valence electrons. The Balaban J connectivity index is 2.00. The highest BCUT2D eigenvalue weighted by Gasteiger charge is 2.29. The smallest absolute Gasteiger partial charge is 0.250 e. The maximum atomic E-state index is 12.5. The first kappa shape index (κ1) is 17.0. The second kappa shape index (κ2) is 6.55. The van der Waals surface area contributed by atoms with Crippen molar-refractivity contribution in [3.63, 3.8) is 0 Å². The second-order valence-corrected chi connectivity index (χ2v) is 6.44. The van der Waals surface area contributed by atoms with Gasteiger partial charge in [0.25, 0.3) is 5.91 Å². The average Bonchev–Trinajstić information content (AvgIpc) is 3.36. The van der Waals surface area contributed by atoms with Gasteiger partial charge in [0.15, 0.2) is 0 Å². The summed E-state index contributed by atoms with van der Waals surface area (Å²) in [7, 11) is 1.88. The Bertz CT molecular complexity index is 849. The predicted octanol–water partition coefficient (Wildman–Crippen LogP) is 2.42. The molecule has 1 aromatic heterocycles. The van der Waals surface area contributed by atoms with Crippen molar-refractivity contribution in [2.24, 2.45) is 12.8 Å². The standard InChI is InChI=1S/C19H22N4O2/c1-4-18(24)23(14-8-5-12(2)15(9-14)19(20)25)11-17-16(13-6-7-13)10-21-22(17)3/h4-5,8-10,13H,1,6-7,11H2,2-3H3,(H2,20,25). The molecule has 2 amide bonds. The largest absolute Gasteiger partial charge is 0.366 e. The molecular formula is C19H22N4O2. The van der Waals surface area contributed by atoms with Gasteiger partial charge in [0.05, 0.1) is 18.4 Å². The number of rotatable bonds is 6. The maximum Gasteiger partial charge on any atom is 0.250 e. The number of carbonyl (C=O) groups excluding carboxylic acids is 2. The fourth-order valence-electron chi connectivity index (χ4n) is 3.01. The highest BCUT2D eigenvalue weighted by atomic mass is 16.2. The van der Waals surface area contributed by atoms with Crippen LogP contribution in [0.1, 0.15) is 45.9 Å². The van der Waals surface area contributed by atoms with Crippen LogP contribution >= 0.6 is 0 Å². The number of hydrogen-bond donors (Lipinski definition) is 1. The summed E-state index contributed by atoms with van der Waals surface area (Å²) < 4.78 is 1.81. The number of nitrogens with zero attached hydrogens (tertiary/aromatic N) is 3. The Morgan fingerprint density at radius 3 is 2.76 bits per heavy atom. The molecule has 0 unspecified atom stereocenters. The average molecular weight is 338 g/mol. The zero-order chi connectivity index (χ0) is 18.1. The Morgan fingerprint density at radius 1 is 1.44 bits per heavy atom. The summed E-state index contributed by atoms with van der Waals surface area (Å²) in [5, 5.41) is 4.35. The molecule has 25 heavy (non-hydrogen) atoms. The van der Waals surface area contributed by atoms with Crippen molar-refractivity contribution in [1.82, 2.24) is 9.78 Å². The number of benzene rings is 1. The molecule has 2 aromatic rings. The van der Waals surface area contributed by atoms with Crippen molar-refractivity contribution in [2.45, 2.75) is 32.2 Å². The van der Waals surface area contributed by atoms with Gasteiger partial charge in [-0.1, -0.05) is 12.6 Å². The lowest BCUT2D eigenvalue weighted by Gasteiger charge is -2.23. The van der Waals surface area contributed by atoms with Gasteiger partial charge in [-0.15, -0.1) is 0 Å². The molecular weight excluding hydrogens is 316 g/mol. The number of anilines is 1. The summed E-state index contributed by atoms with van der Waals surface area (Å²) in [6.07, 6.45) is 5.47. The van der Waals surface area contributed by atoms with Crippen LogP contribution in [0.25, 0.3) is 0 Å². The summed E-state index contributed by atoms with van der Waals surface area (Å²) in [4.78, 5) is 25.7. The van der Waals surface area contributed by atoms with E-state index in [1.807, 2.05) is 26.2 Å². The highest BCUT2D eigenvalue weighted by Crippen LogP contribution is 2.42. The molecule has 1 aliphatic rings. The molecule has 0 bridgehead atoms. The minimum absolute atomic E-state index is 0.234. The van der Waals surface area contributed by atoms with Gasteiger partial charge < -0.3 is 10.6 Å². The molecule has 1 fully saturated rings. The van der Waals surface area contributed by atoms with Crippen molar-refractivity contribution < 1.29 is 9.59 Å². The van der Waals surface area contributed by atoms with Crippen LogP contribution in [0.4, 0.5) is 5.69 Å². The molecule has 0 radical (unpaired) electrons. The van der Waals surface area contributed by atoms with E-state index in [9.17, 15) is 9.59 Å². The SMILES string of the molecule is C=CC(=O)N(Cc1c(C2CC2)cnn1C)c1ccc(C)c(C(N)=O)c1. The first-order valence-electron chi connectivity index (χ1n) is 8.27. The molecule has 1 aliphatic carbocycles. The third-order valence-corrected chi connectivity index (χ3v) is 4.66. The number of nitrogens with two attached hydrogens (primary N) is 1. The van der Waals surface area contributed by atoms with Crippen molar-refractivity contribution in [1.29, 1.82) is 0 Å². The van der Waals surface area contributed by atoms with Gasteiger partial charge in [-0.3, -0.25) is 14.3 Å². The summed E-state index contributed by atoms with van der Waals surface area (Å²) >= 11 is 0. The number of carbonyl (C=O) groups is 2. The van der Waals surface area contributed by atoms with Crippen LogP contribution in [0.5, 0.6) is 0 Å². The fourth-order valence-corrected chi connectivity index (χ4v) is 3.01. The summed E-state index contributed by atoms with van der Waals surface area (Å²) in [5.41, 5.74) is 9.44. The van der Waals surface area contributed by atoms with Crippen molar-refractivity contribution in [2.75, 3.05) is 4.90 Å². The molecule has 1 saturated carbocycles. The summed E-state index contributed by atoms with van der Waals surface area (Å²) in [6.45, 7) is 5.78. The van der Waals surface area contributed by atoms with E-state index in [2.05, 4.69) is 11.7 Å². The normalized spacial score (nSPS) is 13.5. The van der Waals surface area contributed by atoms with Gasteiger partial charge in [0, 0.05) is 18.3 Å². The minimum Gasteiger partial charge on any atom is -0.366 e.